The molecule has 0 unspecified atom stereocenters. The molecule has 4 saturated carbocycles. The first kappa shape index (κ1) is 8.28. The van der Waals surface area contributed by atoms with E-state index in [2.05, 4.69) is 6.92 Å². The maximum atomic E-state index is 4.82. The minimum absolute atomic E-state index is 0.776. The van der Waals surface area contributed by atoms with Crippen LogP contribution in [0.5, 0.6) is 0 Å². The Morgan fingerprint density at radius 3 is 1.92 bits per heavy atom. The maximum absolute atomic E-state index is 4.82. The van der Waals surface area contributed by atoms with Gasteiger partial charge in [0.15, 0.2) is 0 Å². The fourth-order valence-corrected chi connectivity index (χ4v) is 4.41. The van der Waals surface area contributed by atoms with Gasteiger partial charge in [-0.1, -0.05) is 6.92 Å². The van der Waals surface area contributed by atoms with Gasteiger partial charge in [0, 0.05) is 12.6 Å². The molecular weight excluding hydrogens is 158 g/mol. The number of nitrogens with zero attached hydrogens (tertiary/aromatic N) is 1. The zero-order valence-corrected chi connectivity index (χ0v) is 8.58. The molecule has 0 aromatic heterocycles. The van der Waals surface area contributed by atoms with Crippen molar-refractivity contribution in [1.29, 1.82) is 0 Å². The second kappa shape index (κ2) is 2.98. The van der Waals surface area contributed by atoms with Gasteiger partial charge < -0.3 is 0 Å². The molecule has 4 fully saturated rings. The van der Waals surface area contributed by atoms with Gasteiger partial charge >= 0.3 is 0 Å². The monoisotopic (exact) mass is 178 g/mol. The van der Waals surface area contributed by atoms with Crippen LogP contribution in [0.4, 0.5) is 0 Å². The molecule has 4 rings (SSSR count). The van der Waals surface area contributed by atoms with Crippen LogP contribution >= 0.6 is 0 Å². The van der Waals surface area contributed by atoms with E-state index in [1.165, 1.54) is 25.7 Å². The highest BCUT2D eigenvalue weighted by Gasteiger charge is 2.48. The second-order valence-electron chi connectivity index (χ2n) is 5.42. The fraction of sp³-hybridized carbons (Fsp3) is 1.00. The molecule has 4 aliphatic carbocycles. The molecule has 0 spiro atoms. The highest BCUT2D eigenvalue weighted by atomic mass is 14.9. The van der Waals surface area contributed by atoms with Crippen LogP contribution in [0.2, 0.25) is 0 Å². The van der Waals surface area contributed by atoms with E-state index in [-0.39, 0.29) is 0 Å². The van der Waals surface area contributed by atoms with Crippen LogP contribution in [0.25, 0.3) is 0 Å². The van der Waals surface area contributed by atoms with Crippen molar-refractivity contribution in [2.45, 2.75) is 45.1 Å². The standard InChI is InChI=1S/C12H20N/c1-2-13-12-10-4-8-3-9(6-10)7-11(12)5-8/h8-12H,2-7H2,1H3. The van der Waals surface area contributed by atoms with Crippen molar-refractivity contribution < 1.29 is 0 Å². The Balaban J connectivity index is 1.77. The van der Waals surface area contributed by atoms with E-state index in [1.54, 1.807) is 6.42 Å². The SMILES string of the molecule is CC[N]C1C2CC3CC(C2)CC1C3. The number of rotatable bonds is 2. The predicted octanol–water partition coefficient (Wildman–Crippen LogP) is 2.44. The van der Waals surface area contributed by atoms with E-state index in [0.29, 0.717) is 0 Å². The quantitative estimate of drug-likeness (QED) is 0.616. The highest BCUT2D eigenvalue weighted by Crippen LogP contribution is 2.53. The van der Waals surface area contributed by atoms with Gasteiger partial charge in [0.05, 0.1) is 0 Å². The lowest BCUT2D eigenvalue weighted by Gasteiger charge is -2.54. The molecule has 0 atom stereocenters. The van der Waals surface area contributed by atoms with Crippen LogP contribution in [-0.2, 0) is 0 Å². The molecule has 13 heavy (non-hydrogen) atoms. The molecule has 0 N–H and O–H groups in total. The molecule has 0 heterocycles. The molecular formula is C12H20N. The molecule has 0 aliphatic heterocycles. The average Bonchev–Trinajstić information content (AvgIpc) is 2.10. The normalized spacial score (nSPS) is 52.8. The summed E-state index contributed by atoms with van der Waals surface area (Å²) in [6.07, 6.45) is 7.62. The van der Waals surface area contributed by atoms with Gasteiger partial charge in [0.25, 0.3) is 0 Å². The van der Waals surface area contributed by atoms with Crippen molar-refractivity contribution in [3.63, 3.8) is 0 Å². The minimum Gasteiger partial charge on any atom is -0.238 e. The third-order valence-corrected chi connectivity index (χ3v) is 4.57. The first-order chi connectivity index (χ1) is 6.36. The molecule has 1 radical (unpaired) electrons. The Labute approximate surface area is 81.3 Å². The molecule has 0 saturated heterocycles. The van der Waals surface area contributed by atoms with Crippen molar-refractivity contribution in [3.05, 3.63) is 0 Å². The summed E-state index contributed by atoms with van der Waals surface area (Å²) < 4.78 is 0. The lowest BCUT2D eigenvalue weighted by atomic mass is 9.54. The van der Waals surface area contributed by atoms with Gasteiger partial charge in [-0.3, -0.25) is 0 Å². The Morgan fingerprint density at radius 1 is 0.923 bits per heavy atom. The first-order valence-electron chi connectivity index (χ1n) is 6.03. The zero-order chi connectivity index (χ0) is 8.84. The van der Waals surface area contributed by atoms with Crippen LogP contribution in [0.15, 0.2) is 0 Å². The van der Waals surface area contributed by atoms with Crippen molar-refractivity contribution in [3.8, 4) is 0 Å². The summed E-state index contributed by atoms with van der Waals surface area (Å²) in [4.78, 5) is 0. The number of hydrogen-bond acceptors (Lipinski definition) is 0. The smallest absolute Gasteiger partial charge is 0.0302 e. The molecule has 0 aromatic carbocycles. The van der Waals surface area contributed by atoms with E-state index in [1.807, 2.05) is 0 Å². The molecule has 1 nitrogen and oxygen atoms in total. The fourth-order valence-electron chi connectivity index (χ4n) is 4.41. The largest absolute Gasteiger partial charge is 0.238 e. The van der Waals surface area contributed by atoms with Crippen molar-refractivity contribution in [2.24, 2.45) is 23.7 Å². The molecule has 4 bridgehead atoms. The van der Waals surface area contributed by atoms with Crippen LogP contribution in [0.1, 0.15) is 39.0 Å². The van der Waals surface area contributed by atoms with E-state index in [4.69, 9.17) is 5.32 Å². The average molecular weight is 178 g/mol. The second-order valence-corrected chi connectivity index (χ2v) is 5.42. The molecule has 0 aromatic rings. The van der Waals surface area contributed by atoms with Gasteiger partial charge in [0.2, 0.25) is 0 Å². The van der Waals surface area contributed by atoms with Crippen molar-refractivity contribution in [1.82, 2.24) is 5.32 Å². The Hall–Kier alpha value is -0.0400. The highest BCUT2D eigenvalue weighted by molar-refractivity contribution is 5.00. The van der Waals surface area contributed by atoms with Crippen molar-refractivity contribution in [2.75, 3.05) is 6.54 Å². The van der Waals surface area contributed by atoms with Crippen LogP contribution in [0, 0.1) is 23.7 Å². The lowest BCUT2D eigenvalue weighted by Crippen LogP contribution is -2.52. The van der Waals surface area contributed by atoms with Crippen molar-refractivity contribution >= 4 is 0 Å². The summed E-state index contributed by atoms with van der Waals surface area (Å²) in [6, 6.07) is 0.776. The third kappa shape index (κ3) is 1.24. The molecule has 4 aliphatic rings. The summed E-state index contributed by atoms with van der Waals surface area (Å²) in [5.41, 5.74) is 0. The van der Waals surface area contributed by atoms with Crippen LogP contribution < -0.4 is 5.32 Å². The summed E-state index contributed by atoms with van der Waals surface area (Å²) >= 11 is 0. The number of hydrogen-bond donors (Lipinski definition) is 0. The maximum Gasteiger partial charge on any atom is 0.0302 e. The van der Waals surface area contributed by atoms with Crippen LogP contribution in [0.3, 0.4) is 0 Å². The van der Waals surface area contributed by atoms with E-state index < -0.39 is 0 Å². The van der Waals surface area contributed by atoms with Crippen LogP contribution in [-0.4, -0.2) is 12.6 Å². The Bertz CT molecular complexity index is 171. The summed E-state index contributed by atoms with van der Waals surface area (Å²) in [7, 11) is 0. The molecule has 1 heteroatoms. The van der Waals surface area contributed by atoms with E-state index in [9.17, 15) is 0 Å². The predicted molar refractivity (Wildman–Crippen MR) is 53.5 cm³/mol. The first-order valence-corrected chi connectivity index (χ1v) is 6.03. The van der Waals surface area contributed by atoms with Gasteiger partial charge in [-0.05, 0) is 55.8 Å². The molecule has 0 amide bonds. The summed E-state index contributed by atoms with van der Waals surface area (Å²) in [6.45, 7) is 3.25. The van der Waals surface area contributed by atoms with Gasteiger partial charge in [-0.15, -0.1) is 0 Å². The van der Waals surface area contributed by atoms with Gasteiger partial charge in [-0.25, -0.2) is 5.32 Å². The lowest BCUT2D eigenvalue weighted by molar-refractivity contribution is -0.0143. The van der Waals surface area contributed by atoms with Gasteiger partial charge in [0.1, 0.15) is 0 Å². The van der Waals surface area contributed by atoms with E-state index in [0.717, 1.165) is 36.3 Å². The summed E-state index contributed by atoms with van der Waals surface area (Å²) in [5.74, 6) is 4.20. The Morgan fingerprint density at radius 2 is 1.46 bits per heavy atom. The summed E-state index contributed by atoms with van der Waals surface area (Å²) in [5, 5.41) is 4.82. The minimum atomic E-state index is 0.776. The Kier molecular flexibility index (Phi) is 1.90. The molecule has 73 valence electrons. The zero-order valence-electron chi connectivity index (χ0n) is 8.58. The van der Waals surface area contributed by atoms with E-state index >= 15 is 0 Å². The topological polar surface area (TPSA) is 14.1 Å². The third-order valence-electron chi connectivity index (χ3n) is 4.57. The van der Waals surface area contributed by atoms with Gasteiger partial charge in [-0.2, -0.15) is 0 Å².